The molecule has 1 atom stereocenters. The number of carbonyl (C=O) groups excluding carboxylic acids is 1. The number of carbonyl (C=O) groups is 1. The van der Waals surface area contributed by atoms with Gasteiger partial charge in [-0.1, -0.05) is 25.0 Å². The smallest absolute Gasteiger partial charge is 0.252 e. The molecule has 2 aliphatic heterocycles. The van der Waals surface area contributed by atoms with Crippen molar-refractivity contribution in [3.05, 3.63) is 53.1 Å². The molecule has 172 valence electrons. The van der Waals surface area contributed by atoms with Crippen molar-refractivity contribution in [3.63, 3.8) is 0 Å². The minimum Gasteiger partial charge on any atom is -0.486 e. The third-order valence-corrected chi connectivity index (χ3v) is 7.96. The normalized spacial score (nSPS) is 17.9. The Morgan fingerprint density at radius 1 is 0.969 bits per heavy atom. The molecule has 32 heavy (non-hydrogen) atoms. The van der Waals surface area contributed by atoms with Crippen LogP contribution in [0.15, 0.2) is 41.3 Å². The van der Waals surface area contributed by atoms with Gasteiger partial charge in [0.15, 0.2) is 11.5 Å². The second-order valence-electron chi connectivity index (χ2n) is 8.39. The van der Waals surface area contributed by atoms with E-state index in [0.717, 1.165) is 36.8 Å². The molecule has 2 aliphatic rings. The summed E-state index contributed by atoms with van der Waals surface area (Å²) in [6, 6.07) is 10.1. The van der Waals surface area contributed by atoms with Crippen molar-refractivity contribution in [1.82, 2.24) is 9.62 Å². The van der Waals surface area contributed by atoms with Gasteiger partial charge in [-0.3, -0.25) is 4.79 Å². The van der Waals surface area contributed by atoms with Gasteiger partial charge in [-0.05, 0) is 62.1 Å². The van der Waals surface area contributed by atoms with E-state index in [0.29, 0.717) is 43.4 Å². The predicted molar refractivity (Wildman–Crippen MR) is 122 cm³/mol. The third-order valence-electron chi connectivity index (χ3n) is 6.07. The minimum absolute atomic E-state index is 0.169. The summed E-state index contributed by atoms with van der Waals surface area (Å²) in [5, 5.41) is 2.98. The van der Waals surface area contributed by atoms with Crippen LogP contribution < -0.4 is 14.8 Å². The van der Waals surface area contributed by atoms with Crippen LogP contribution in [0, 0.1) is 6.92 Å². The quantitative estimate of drug-likeness (QED) is 0.736. The fourth-order valence-electron chi connectivity index (χ4n) is 4.12. The van der Waals surface area contributed by atoms with Crippen LogP contribution in [0.25, 0.3) is 0 Å². The Morgan fingerprint density at radius 2 is 1.66 bits per heavy atom. The highest BCUT2D eigenvalue weighted by Gasteiger charge is 2.27. The maximum absolute atomic E-state index is 13.2. The Balaban J connectivity index is 1.53. The zero-order valence-electron chi connectivity index (χ0n) is 18.6. The van der Waals surface area contributed by atoms with Crippen LogP contribution in [0.1, 0.15) is 60.1 Å². The van der Waals surface area contributed by atoms with Crippen LogP contribution in [0.4, 0.5) is 0 Å². The number of nitrogens with zero attached hydrogens (tertiary/aromatic N) is 1. The zero-order valence-corrected chi connectivity index (χ0v) is 19.4. The highest BCUT2D eigenvalue weighted by molar-refractivity contribution is 7.89. The first-order valence-corrected chi connectivity index (χ1v) is 12.6. The van der Waals surface area contributed by atoms with Crippen LogP contribution in [-0.4, -0.2) is 44.9 Å². The van der Waals surface area contributed by atoms with Gasteiger partial charge in [0.25, 0.3) is 5.91 Å². The number of ether oxygens (including phenoxy) is 2. The lowest BCUT2D eigenvalue weighted by atomic mass is 10.0. The molecule has 0 radical (unpaired) electrons. The molecule has 7 nitrogen and oxygen atoms in total. The van der Waals surface area contributed by atoms with Gasteiger partial charge in [0.1, 0.15) is 13.2 Å². The van der Waals surface area contributed by atoms with Gasteiger partial charge in [-0.25, -0.2) is 8.42 Å². The van der Waals surface area contributed by atoms with E-state index in [1.165, 1.54) is 6.07 Å². The van der Waals surface area contributed by atoms with Gasteiger partial charge in [0.2, 0.25) is 10.0 Å². The van der Waals surface area contributed by atoms with Crippen molar-refractivity contribution in [2.75, 3.05) is 26.3 Å². The molecule has 1 fully saturated rings. The average molecular weight is 459 g/mol. The van der Waals surface area contributed by atoms with Gasteiger partial charge in [0, 0.05) is 18.7 Å². The first-order chi connectivity index (χ1) is 15.4. The second-order valence-corrected chi connectivity index (χ2v) is 10.3. The summed E-state index contributed by atoms with van der Waals surface area (Å²) in [5.41, 5.74) is 1.98. The summed E-state index contributed by atoms with van der Waals surface area (Å²) >= 11 is 0. The molecule has 1 amide bonds. The highest BCUT2D eigenvalue weighted by Crippen LogP contribution is 2.32. The monoisotopic (exact) mass is 458 g/mol. The van der Waals surface area contributed by atoms with Crippen molar-refractivity contribution in [1.29, 1.82) is 0 Å². The third kappa shape index (κ3) is 4.76. The number of fused-ring (bicyclic) bond motifs is 1. The zero-order chi connectivity index (χ0) is 22.7. The van der Waals surface area contributed by atoms with E-state index >= 15 is 0 Å². The van der Waals surface area contributed by atoms with Crippen molar-refractivity contribution >= 4 is 15.9 Å². The lowest BCUT2D eigenvalue weighted by Gasteiger charge is -2.22. The molecular weight excluding hydrogens is 428 g/mol. The van der Waals surface area contributed by atoms with E-state index < -0.39 is 10.0 Å². The van der Waals surface area contributed by atoms with Crippen LogP contribution in [-0.2, 0) is 10.0 Å². The van der Waals surface area contributed by atoms with Gasteiger partial charge in [-0.2, -0.15) is 4.31 Å². The summed E-state index contributed by atoms with van der Waals surface area (Å²) in [7, 11) is -3.63. The number of hydrogen-bond donors (Lipinski definition) is 1. The lowest BCUT2D eigenvalue weighted by Crippen LogP contribution is -2.32. The van der Waals surface area contributed by atoms with Gasteiger partial charge >= 0.3 is 0 Å². The van der Waals surface area contributed by atoms with Crippen LogP contribution in [0.2, 0.25) is 0 Å². The minimum atomic E-state index is -3.63. The Bertz CT molecular complexity index is 1090. The Labute approximate surface area is 189 Å². The van der Waals surface area contributed by atoms with Crippen molar-refractivity contribution in [3.8, 4) is 11.5 Å². The Morgan fingerprint density at radius 3 is 2.38 bits per heavy atom. The fraction of sp³-hybridized carbons (Fsp3) is 0.458. The summed E-state index contributed by atoms with van der Waals surface area (Å²) in [6.45, 7) is 5.77. The van der Waals surface area contributed by atoms with E-state index in [4.69, 9.17) is 9.47 Å². The van der Waals surface area contributed by atoms with Crippen LogP contribution >= 0.6 is 0 Å². The first kappa shape index (κ1) is 22.6. The van der Waals surface area contributed by atoms with E-state index in [1.54, 1.807) is 16.4 Å². The molecule has 0 aromatic heterocycles. The maximum atomic E-state index is 13.2. The standard InChI is InChI=1S/C24H30N2O5S/c1-17-7-9-20(32(28,29)26-11-5-3-4-6-12-26)16-21(17)24(27)25-18(2)19-8-10-22-23(15-19)31-14-13-30-22/h7-10,15-16,18H,3-6,11-14H2,1-2H3,(H,25,27). The van der Waals surface area contributed by atoms with Crippen molar-refractivity contribution in [2.45, 2.75) is 50.5 Å². The molecule has 4 rings (SSSR count). The molecule has 2 aromatic carbocycles. The SMILES string of the molecule is Cc1ccc(S(=O)(=O)N2CCCCCC2)cc1C(=O)NC(C)c1ccc2c(c1)OCCO2. The molecular formula is C24H30N2O5S. The molecule has 0 saturated carbocycles. The van der Waals surface area contributed by atoms with E-state index in [9.17, 15) is 13.2 Å². The summed E-state index contributed by atoms with van der Waals surface area (Å²) in [6.07, 6.45) is 3.83. The fourth-order valence-corrected chi connectivity index (χ4v) is 5.67. The molecule has 8 heteroatoms. The molecule has 0 bridgehead atoms. The summed E-state index contributed by atoms with van der Waals surface area (Å²) in [4.78, 5) is 13.2. The second kappa shape index (κ2) is 9.50. The molecule has 0 aliphatic carbocycles. The molecule has 2 heterocycles. The number of nitrogens with one attached hydrogen (secondary N) is 1. The van der Waals surface area contributed by atoms with E-state index in [1.807, 2.05) is 32.0 Å². The molecule has 0 spiro atoms. The van der Waals surface area contributed by atoms with Gasteiger partial charge in [-0.15, -0.1) is 0 Å². The van der Waals surface area contributed by atoms with Crippen LogP contribution in [0.3, 0.4) is 0 Å². The largest absolute Gasteiger partial charge is 0.486 e. The summed E-state index contributed by atoms with van der Waals surface area (Å²) < 4.78 is 39.1. The first-order valence-electron chi connectivity index (χ1n) is 11.2. The average Bonchev–Trinajstić information content (AvgIpc) is 3.09. The van der Waals surface area contributed by atoms with Gasteiger partial charge in [0.05, 0.1) is 10.9 Å². The highest BCUT2D eigenvalue weighted by atomic mass is 32.2. The topological polar surface area (TPSA) is 84.9 Å². The van der Waals surface area contributed by atoms with E-state index in [2.05, 4.69) is 5.32 Å². The Hall–Kier alpha value is -2.58. The number of rotatable bonds is 5. The molecule has 1 N–H and O–H groups in total. The van der Waals surface area contributed by atoms with Crippen LogP contribution in [0.5, 0.6) is 11.5 Å². The lowest BCUT2D eigenvalue weighted by molar-refractivity contribution is 0.0939. The van der Waals surface area contributed by atoms with E-state index in [-0.39, 0.29) is 16.8 Å². The van der Waals surface area contributed by atoms with Crippen molar-refractivity contribution in [2.24, 2.45) is 0 Å². The molecule has 1 saturated heterocycles. The number of aryl methyl sites for hydroxylation is 1. The van der Waals surface area contributed by atoms with Crippen molar-refractivity contribution < 1.29 is 22.7 Å². The molecule has 2 aromatic rings. The Kier molecular flexibility index (Phi) is 6.71. The predicted octanol–water partition coefficient (Wildman–Crippen LogP) is 3.82. The number of hydrogen-bond acceptors (Lipinski definition) is 5. The number of benzene rings is 2. The number of amides is 1. The summed E-state index contributed by atoms with van der Waals surface area (Å²) in [5.74, 6) is 1.05. The molecule has 1 unspecified atom stereocenters. The van der Waals surface area contributed by atoms with Gasteiger partial charge < -0.3 is 14.8 Å². The number of sulfonamides is 1. The maximum Gasteiger partial charge on any atom is 0.252 e.